The Morgan fingerprint density at radius 1 is 1.12 bits per heavy atom. The lowest BCUT2D eigenvalue weighted by Crippen LogP contribution is -2.15. The van der Waals surface area contributed by atoms with E-state index in [-0.39, 0.29) is 5.78 Å². The van der Waals surface area contributed by atoms with Crippen molar-refractivity contribution in [2.75, 3.05) is 0 Å². The van der Waals surface area contributed by atoms with Gasteiger partial charge in [-0.05, 0) is 5.56 Å². The Kier molecular flexibility index (Phi) is 2.26. The monoisotopic (exact) mass is 223 g/mol. The van der Waals surface area contributed by atoms with E-state index < -0.39 is 0 Å². The van der Waals surface area contributed by atoms with E-state index in [1.54, 1.807) is 0 Å². The number of carbonyl (C=O) groups is 1. The number of carbonyl (C=O) groups excluding carboxylic acids is 1. The average Bonchev–Trinajstić information content (AvgIpc) is 2.40. The molecule has 0 N–H and O–H groups in total. The fraction of sp³-hybridized carbons (Fsp3) is 0.0769. The first-order valence-corrected chi connectivity index (χ1v) is 5.31. The van der Waals surface area contributed by atoms with Crippen molar-refractivity contribution in [3.05, 3.63) is 54.0 Å². The second kappa shape index (κ2) is 3.90. The minimum Gasteiger partial charge on any atom is -0.294 e. The lowest BCUT2D eigenvalue weighted by Gasteiger charge is -2.12. The van der Waals surface area contributed by atoms with Crippen molar-refractivity contribution in [2.45, 2.75) is 6.42 Å². The smallest absolute Gasteiger partial charge is 0.174 e. The van der Waals surface area contributed by atoms with E-state index in [4.69, 9.17) is 0 Å². The highest BCUT2D eigenvalue weighted by molar-refractivity contribution is 6.20. The maximum atomic E-state index is 11.9. The minimum absolute atomic E-state index is 0.0226. The Morgan fingerprint density at radius 2 is 1.94 bits per heavy atom. The van der Waals surface area contributed by atoms with E-state index in [0.717, 1.165) is 11.3 Å². The number of aliphatic imine (C=N–C) groups is 1. The zero-order valence-electron chi connectivity index (χ0n) is 9.00. The van der Waals surface area contributed by atoms with Gasteiger partial charge in [0.05, 0.1) is 17.7 Å². The molecule has 1 aliphatic heterocycles. The van der Waals surface area contributed by atoms with Crippen LogP contribution in [0.25, 0.3) is 0 Å². The zero-order chi connectivity index (χ0) is 11.7. The Morgan fingerprint density at radius 3 is 2.76 bits per heavy atom. The van der Waals surface area contributed by atoms with Gasteiger partial charge in [-0.25, -0.2) is 15.0 Å². The molecule has 17 heavy (non-hydrogen) atoms. The van der Waals surface area contributed by atoms with Gasteiger partial charge in [-0.2, -0.15) is 0 Å². The van der Waals surface area contributed by atoms with Crippen LogP contribution >= 0.6 is 0 Å². The van der Waals surface area contributed by atoms with Gasteiger partial charge in [0, 0.05) is 6.20 Å². The standard InChI is InChI=1S/C13H9N3O/c17-12-6-11(9-4-2-1-3-5-9)16-13-10(12)7-14-8-15-13/h1-5,7-8H,6H2. The number of nitrogens with zero attached hydrogens (tertiary/aromatic N) is 3. The van der Waals surface area contributed by atoms with E-state index in [1.165, 1.54) is 12.5 Å². The number of hydrogen-bond donors (Lipinski definition) is 0. The number of fused-ring (bicyclic) bond motifs is 1. The van der Waals surface area contributed by atoms with Gasteiger partial charge in [-0.3, -0.25) is 4.79 Å². The largest absolute Gasteiger partial charge is 0.294 e. The van der Waals surface area contributed by atoms with Gasteiger partial charge in [0.15, 0.2) is 11.6 Å². The SMILES string of the molecule is O=C1CC(c2ccccc2)=Nc2ncncc21. The third kappa shape index (κ3) is 1.73. The molecule has 4 heteroatoms. The number of Topliss-reactive ketones (excluding diaryl/α,β-unsaturated/α-hetero) is 1. The quantitative estimate of drug-likeness (QED) is 0.744. The summed E-state index contributed by atoms with van der Waals surface area (Å²) in [5.74, 6) is 0.490. The molecule has 0 atom stereocenters. The fourth-order valence-electron chi connectivity index (χ4n) is 1.82. The fourth-order valence-corrected chi connectivity index (χ4v) is 1.82. The molecule has 0 amide bonds. The van der Waals surface area contributed by atoms with Crippen LogP contribution in [0.5, 0.6) is 0 Å². The molecule has 0 saturated heterocycles. The molecule has 4 nitrogen and oxygen atoms in total. The van der Waals surface area contributed by atoms with Crippen LogP contribution in [0.2, 0.25) is 0 Å². The predicted octanol–water partition coefficient (Wildman–Crippen LogP) is 2.18. The lowest BCUT2D eigenvalue weighted by atomic mass is 9.99. The van der Waals surface area contributed by atoms with Crippen molar-refractivity contribution in [3.63, 3.8) is 0 Å². The number of rotatable bonds is 1. The van der Waals surface area contributed by atoms with Gasteiger partial charge in [-0.15, -0.1) is 0 Å². The summed E-state index contributed by atoms with van der Waals surface area (Å²) in [6.07, 6.45) is 3.24. The van der Waals surface area contributed by atoms with Crippen LogP contribution < -0.4 is 0 Å². The molecule has 2 heterocycles. The molecule has 1 aromatic heterocycles. The summed E-state index contributed by atoms with van der Waals surface area (Å²) in [6, 6.07) is 9.68. The maximum Gasteiger partial charge on any atom is 0.174 e. The van der Waals surface area contributed by atoms with Crippen LogP contribution in [-0.4, -0.2) is 21.5 Å². The van der Waals surface area contributed by atoms with E-state index in [0.29, 0.717) is 17.8 Å². The zero-order valence-corrected chi connectivity index (χ0v) is 9.00. The van der Waals surface area contributed by atoms with Crippen molar-refractivity contribution in [1.82, 2.24) is 9.97 Å². The minimum atomic E-state index is 0.0226. The van der Waals surface area contributed by atoms with Gasteiger partial charge < -0.3 is 0 Å². The van der Waals surface area contributed by atoms with Gasteiger partial charge in [0.25, 0.3) is 0 Å². The van der Waals surface area contributed by atoms with E-state index in [2.05, 4.69) is 15.0 Å². The molecular weight excluding hydrogens is 214 g/mol. The van der Waals surface area contributed by atoms with Crippen molar-refractivity contribution in [1.29, 1.82) is 0 Å². The summed E-state index contributed by atoms with van der Waals surface area (Å²) in [6.45, 7) is 0. The molecule has 0 radical (unpaired) electrons. The highest BCUT2D eigenvalue weighted by Gasteiger charge is 2.21. The third-order valence-corrected chi connectivity index (χ3v) is 2.67. The number of ketones is 1. The number of aromatic nitrogens is 2. The van der Waals surface area contributed by atoms with Crippen molar-refractivity contribution < 1.29 is 4.79 Å². The highest BCUT2D eigenvalue weighted by atomic mass is 16.1. The van der Waals surface area contributed by atoms with E-state index >= 15 is 0 Å². The highest BCUT2D eigenvalue weighted by Crippen LogP contribution is 2.24. The van der Waals surface area contributed by atoms with Crippen LogP contribution in [0.4, 0.5) is 5.82 Å². The van der Waals surface area contributed by atoms with Crippen LogP contribution in [0.1, 0.15) is 22.3 Å². The summed E-state index contributed by atoms with van der Waals surface area (Å²) in [5.41, 5.74) is 2.24. The van der Waals surface area contributed by atoms with Gasteiger partial charge in [-0.1, -0.05) is 30.3 Å². The first-order chi connectivity index (χ1) is 8.34. The maximum absolute atomic E-state index is 11.9. The van der Waals surface area contributed by atoms with Crippen LogP contribution in [0.3, 0.4) is 0 Å². The summed E-state index contributed by atoms with van der Waals surface area (Å²) in [7, 11) is 0. The molecule has 2 aromatic rings. The molecule has 0 fully saturated rings. The Balaban J connectivity index is 2.11. The summed E-state index contributed by atoms with van der Waals surface area (Å²) in [5, 5.41) is 0. The van der Waals surface area contributed by atoms with Crippen LogP contribution in [0, 0.1) is 0 Å². The van der Waals surface area contributed by atoms with Crippen LogP contribution in [0.15, 0.2) is 47.8 Å². The van der Waals surface area contributed by atoms with Gasteiger partial charge >= 0.3 is 0 Å². The second-order valence-corrected chi connectivity index (χ2v) is 3.78. The van der Waals surface area contributed by atoms with Crippen molar-refractivity contribution >= 4 is 17.3 Å². The predicted molar refractivity (Wildman–Crippen MR) is 63.6 cm³/mol. The number of hydrogen-bond acceptors (Lipinski definition) is 4. The number of benzene rings is 1. The molecule has 1 aliphatic rings. The molecule has 82 valence electrons. The first-order valence-electron chi connectivity index (χ1n) is 5.31. The summed E-state index contributed by atoms with van der Waals surface area (Å²) in [4.78, 5) is 24.2. The average molecular weight is 223 g/mol. The van der Waals surface area contributed by atoms with Crippen LogP contribution in [-0.2, 0) is 0 Å². The van der Waals surface area contributed by atoms with Crippen molar-refractivity contribution in [2.24, 2.45) is 4.99 Å². The lowest BCUT2D eigenvalue weighted by molar-refractivity contribution is 0.0999. The molecule has 3 rings (SSSR count). The molecule has 1 aromatic carbocycles. The third-order valence-electron chi connectivity index (χ3n) is 2.67. The first kappa shape index (κ1) is 9.84. The Bertz CT molecular complexity index is 605. The van der Waals surface area contributed by atoms with Gasteiger partial charge in [0.2, 0.25) is 0 Å². The summed E-state index contributed by atoms with van der Waals surface area (Å²) >= 11 is 0. The van der Waals surface area contributed by atoms with Crippen molar-refractivity contribution in [3.8, 4) is 0 Å². The van der Waals surface area contributed by atoms with E-state index in [1.807, 2.05) is 30.3 Å². The Labute approximate surface area is 98.1 Å². The van der Waals surface area contributed by atoms with E-state index in [9.17, 15) is 4.79 Å². The molecule has 0 aliphatic carbocycles. The molecule has 0 spiro atoms. The normalized spacial score (nSPS) is 14.1. The molecule has 0 bridgehead atoms. The Hall–Kier alpha value is -2.36. The molecule has 0 saturated carbocycles. The molecule has 0 unspecified atom stereocenters. The summed E-state index contributed by atoms with van der Waals surface area (Å²) < 4.78 is 0. The second-order valence-electron chi connectivity index (χ2n) is 3.78. The van der Waals surface area contributed by atoms with Gasteiger partial charge in [0.1, 0.15) is 6.33 Å². The topological polar surface area (TPSA) is 55.2 Å². The molecular formula is C13H9N3O.